The molecule has 0 bridgehead atoms. The van der Waals surface area contributed by atoms with Crippen molar-refractivity contribution in [3.05, 3.63) is 35.4 Å². The molecule has 3 rings (SSSR count). The van der Waals surface area contributed by atoms with Crippen molar-refractivity contribution < 1.29 is 4.74 Å². The molecule has 2 N–H and O–H groups in total. The molecule has 17 heavy (non-hydrogen) atoms. The Kier molecular flexibility index (Phi) is 2.93. The Morgan fingerprint density at radius 1 is 1.29 bits per heavy atom. The van der Waals surface area contributed by atoms with Crippen LogP contribution in [0.2, 0.25) is 0 Å². The maximum atomic E-state index is 6.04. The number of rotatable bonds is 3. The van der Waals surface area contributed by atoms with Crippen molar-refractivity contribution >= 4 is 0 Å². The number of benzene rings is 1. The molecule has 1 aromatic rings. The van der Waals surface area contributed by atoms with E-state index in [1.54, 1.807) is 0 Å². The average molecular weight is 231 g/mol. The zero-order valence-corrected chi connectivity index (χ0v) is 10.3. The van der Waals surface area contributed by atoms with Crippen molar-refractivity contribution in [1.29, 1.82) is 0 Å². The van der Waals surface area contributed by atoms with E-state index in [2.05, 4.69) is 24.3 Å². The number of hydrogen-bond acceptors (Lipinski definition) is 2. The highest BCUT2D eigenvalue weighted by Crippen LogP contribution is 2.46. The Morgan fingerprint density at radius 2 is 2.12 bits per heavy atom. The van der Waals surface area contributed by atoms with Crippen LogP contribution in [0.25, 0.3) is 0 Å². The van der Waals surface area contributed by atoms with Crippen LogP contribution in [0.1, 0.15) is 42.7 Å². The molecule has 1 aliphatic carbocycles. The third-order valence-electron chi connectivity index (χ3n) is 4.60. The van der Waals surface area contributed by atoms with Gasteiger partial charge in [-0.05, 0) is 30.4 Å². The molecule has 0 amide bonds. The van der Waals surface area contributed by atoms with Gasteiger partial charge in [-0.2, -0.15) is 0 Å². The van der Waals surface area contributed by atoms with Crippen LogP contribution in [-0.4, -0.2) is 19.8 Å². The zero-order chi connectivity index (χ0) is 11.7. The van der Waals surface area contributed by atoms with Gasteiger partial charge in [0.1, 0.15) is 0 Å². The Balaban J connectivity index is 1.98. The molecule has 92 valence electrons. The lowest BCUT2D eigenvalue weighted by Gasteiger charge is -2.43. The van der Waals surface area contributed by atoms with Gasteiger partial charge in [0.05, 0.1) is 6.61 Å². The minimum absolute atomic E-state index is 0.277. The topological polar surface area (TPSA) is 35.2 Å². The quantitative estimate of drug-likeness (QED) is 0.867. The summed E-state index contributed by atoms with van der Waals surface area (Å²) in [5.41, 5.74) is 9.31. The predicted octanol–water partition coefficient (Wildman–Crippen LogP) is 2.57. The van der Waals surface area contributed by atoms with Gasteiger partial charge in [0, 0.05) is 24.5 Å². The van der Waals surface area contributed by atoms with E-state index in [1.165, 1.54) is 30.4 Å². The summed E-state index contributed by atoms with van der Waals surface area (Å²) in [6, 6.07) is 8.88. The van der Waals surface area contributed by atoms with Crippen molar-refractivity contribution in [2.45, 2.75) is 37.0 Å². The van der Waals surface area contributed by atoms with Gasteiger partial charge in [0.2, 0.25) is 0 Å². The van der Waals surface area contributed by atoms with E-state index in [-0.39, 0.29) is 5.41 Å². The summed E-state index contributed by atoms with van der Waals surface area (Å²) in [5.74, 6) is 0.593. The molecule has 0 aromatic heterocycles. The molecule has 2 fully saturated rings. The van der Waals surface area contributed by atoms with Crippen LogP contribution in [0.15, 0.2) is 24.3 Å². The van der Waals surface area contributed by atoms with Crippen molar-refractivity contribution in [3.8, 4) is 0 Å². The maximum Gasteiger partial charge on any atom is 0.0535 e. The predicted molar refractivity (Wildman–Crippen MR) is 69.2 cm³/mol. The third kappa shape index (κ3) is 1.80. The fraction of sp³-hybridized carbons (Fsp3) is 0.600. The molecule has 0 radical (unpaired) electrons. The minimum atomic E-state index is 0.277. The summed E-state index contributed by atoms with van der Waals surface area (Å²) in [6.07, 6.45) is 5.01. The zero-order valence-electron chi connectivity index (χ0n) is 10.3. The van der Waals surface area contributed by atoms with E-state index in [4.69, 9.17) is 10.5 Å². The second-order valence-corrected chi connectivity index (χ2v) is 5.49. The van der Waals surface area contributed by atoms with Gasteiger partial charge in [-0.3, -0.25) is 0 Å². The van der Waals surface area contributed by atoms with Crippen LogP contribution in [0.5, 0.6) is 0 Å². The Hall–Kier alpha value is -0.860. The van der Waals surface area contributed by atoms with Crippen LogP contribution < -0.4 is 5.73 Å². The first-order valence-electron chi connectivity index (χ1n) is 6.73. The molecule has 2 heteroatoms. The van der Waals surface area contributed by atoms with Crippen LogP contribution in [-0.2, 0) is 10.2 Å². The molecule has 1 aromatic carbocycles. The summed E-state index contributed by atoms with van der Waals surface area (Å²) in [6.45, 7) is 2.59. The van der Waals surface area contributed by atoms with E-state index >= 15 is 0 Å². The van der Waals surface area contributed by atoms with E-state index in [0.717, 1.165) is 26.2 Å². The van der Waals surface area contributed by atoms with Gasteiger partial charge in [-0.25, -0.2) is 0 Å². The van der Waals surface area contributed by atoms with E-state index in [0.29, 0.717) is 5.92 Å². The van der Waals surface area contributed by atoms with E-state index < -0.39 is 0 Å². The third-order valence-corrected chi connectivity index (χ3v) is 4.60. The fourth-order valence-corrected chi connectivity index (χ4v) is 3.30. The van der Waals surface area contributed by atoms with E-state index in [1.807, 2.05) is 0 Å². The number of nitrogens with two attached hydrogens (primary N) is 1. The second-order valence-electron chi connectivity index (χ2n) is 5.49. The monoisotopic (exact) mass is 231 g/mol. The normalized spacial score (nSPS) is 26.8. The van der Waals surface area contributed by atoms with Crippen molar-refractivity contribution in [1.82, 2.24) is 0 Å². The number of hydrogen-bond donors (Lipinski definition) is 1. The molecule has 0 spiro atoms. The molecular formula is C15H21NO. The summed E-state index contributed by atoms with van der Waals surface area (Å²) in [7, 11) is 0. The number of ether oxygens (including phenoxy) is 1. The SMILES string of the molecule is NCC1(c2ccccc2C2CCOC2)CCC1. The summed E-state index contributed by atoms with van der Waals surface area (Å²) < 4.78 is 5.53. The maximum absolute atomic E-state index is 6.04. The largest absolute Gasteiger partial charge is 0.381 e. The van der Waals surface area contributed by atoms with E-state index in [9.17, 15) is 0 Å². The Bertz CT molecular complexity index is 386. The highest BCUT2D eigenvalue weighted by molar-refractivity contribution is 5.39. The standard InChI is InChI=1S/C15H21NO/c16-11-15(7-3-8-15)14-5-2-1-4-13(14)12-6-9-17-10-12/h1-2,4-5,12H,3,6-11,16H2. The Morgan fingerprint density at radius 3 is 2.71 bits per heavy atom. The van der Waals surface area contributed by atoms with Crippen molar-refractivity contribution in [2.24, 2.45) is 5.73 Å². The van der Waals surface area contributed by atoms with Crippen LogP contribution in [0.3, 0.4) is 0 Å². The first kappa shape index (κ1) is 11.2. The highest BCUT2D eigenvalue weighted by atomic mass is 16.5. The van der Waals surface area contributed by atoms with Gasteiger partial charge in [0.15, 0.2) is 0 Å². The van der Waals surface area contributed by atoms with Crippen molar-refractivity contribution in [2.75, 3.05) is 19.8 Å². The van der Waals surface area contributed by atoms with Gasteiger partial charge < -0.3 is 10.5 Å². The molecule has 1 saturated heterocycles. The van der Waals surface area contributed by atoms with Crippen LogP contribution in [0, 0.1) is 0 Å². The highest BCUT2D eigenvalue weighted by Gasteiger charge is 2.39. The summed E-state index contributed by atoms with van der Waals surface area (Å²) in [5, 5.41) is 0. The molecule has 1 aliphatic heterocycles. The molecule has 1 atom stereocenters. The lowest BCUT2D eigenvalue weighted by molar-refractivity contribution is 0.193. The van der Waals surface area contributed by atoms with Gasteiger partial charge in [-0.1, -0.05) is 30.7 Å². The first-order chi connectivity index (χ1) is 8.36. The van der Waals surface area contributed by atoms with Gasteiger partial charge in [-0.15, -0.1) is 0 Å². The lowest BCUT2D eigenvalue weighted by Crippen LogP contribution is -2.42. The fourth-order valence-electron chi connectivity index (χ4n) is 3.30. The first-order valence-corrected chi connectivity index (χ1v) is 6.73. The summed E-state index contributed by atoms with van der Waals surface area (Å²) >= 11 is 0. The molecule has 2 nitrogen and oxygen atoms in total. The summed E-state index contributed by atoms with van der Waals surface area (Å²) in [4.78, 5) is 0. The molecule has 1 heterocycles. The van der Waals surface area contributed by atoms with Gasteiger partial charge >= 0.3 is 0 Å². The average Bonchev–Trinajstić information content (AvgIpc) is 2.82. The molecule has 1 saturated carbocycles. The van der Waals surface area contributed by atoms with Crippen LogP contribution in [0.4, 0.5) is 0 Å². The van der Waals surface area contributed by atoms with Crippen molar-refractivity contribution in [3.63, 3.8) is 0 Å². The molecular weight excluding hydrogens is 210 g/mol. The smallest absolute Gasteiger partial charge is 0.0535 e. The lowest BCUT2D eigenvalue weighted by atomic mass is 9.62. The minimum Gasteiger partial charge on any atom is -0.381 e. The molecule has 1 unspecified atom stereocenters. The van der Waals surface area contributed by atoms with Gasteiger partial charge in [0.25, 0.3) is 0 Å². The molecule has 2 aliphatic rings. The Labute approximate surface area is 103 Å². The second kappa shape index (κ2) is 4.43. The van der Waals surface area contributed by atoms with Crippen LogP contribution >= 0.6 is 0 Å².